The molecule has 3 unspecified atom stereocenters. The summed E-state index contributed by atoms with van der Waals surface area (Å²) < 4.78 is 38.6. The number of carbonyl (C=O) groups is 1. The van der Waals surface area contributed by atoms with Gasteiger partial charge in [0.1, 0.15) is 0 Å². The SMILES string of the molecule is O=C(NCC1NCCc2ccccc21)C1CCCC(C(F)(F)F)C1. The van der Waals surface area contributed by atoms with Crippen LogP contribution in [-0.2, 0) is 11.2 Å². The minimum absolute atomic E-state index is 0.0286. The van der Waals surface area contributed by atoms with Crippen molar-refractivity contribution in [3.63, 3.8) is 0 Å². The quantitative estimate of drug-likeness (QED) is 0.886. The van der Waals surface area contributed by atoms with Gasteiger partial charge in [-0.2, -0.15) is 13.2 Å². The van der Waals surface area contributed by atoms with Gasteiger partial charge < -0.3 is 10.6 Å². The third-order valence-electron chi connectivity index (χ3n) is 5.20. The Morgan fingerprint density at radius 1 is 1.25 bits per heavy atom. The summed E-state index contributed by atoms with van der Waals surface area (Å²) in [4.78, 5) is 12.3. The van der Waals surface area contributed by atoms with Crippen molar-refractivity contribution in [3.8, 4) is 0 Å². The average Bonchev–Trinajstić information content (AvgIpc) is 2.59. The van der Waals surface area contributed by atoms with E-state index in [1.807, 2.05) is 18.2 Å². The fourth-order valence-electron chi connectivity index (χ4n) is 3.85. The standard InChI is InChI=1S/C18H23F3N2O/c19-18(20,21)14-6-3-5-13(10-14)17(24)23-11-16-15-7-2-1-4-12(15)8-9-22-16/h1-2,4,7,13-14,16,22H,3,5-6,8-11H2,(H,23,24). The molecule has 0 bridgehead atoms. The molecule has 0 spiro atoms. The molecule has 3 nitrogen and oxygen atoms in total. The van der Waals surface area contributed by atoms with Gasteiger partial charge in [0.15, 0.2) is 0 Å². The van der Waals surface area contributed by atoms with E-state index in [9.17, 15) is 18.0 Å². The molecular formula is C18H23F3N2O. The van der Waals surface area contributed by atoms with Crippen molar-refractivity contribution in [2.75, 3.05) is 13.1 Å². The van der Waals surface area contributed by atoms with Gasteiger partial charge in [0.05, 0.1) is 5.92 Å². The number of rotatable bonds is 3. The number of hydrogen-bond donors (Lipinski definition) is 2. The molecule has 3 atom stereocenters. The zero-order valence-electron chi connectivity index (χ0n) is 13.5. The highest BCUT2D eigenvalue weighted by molar-refractivity contribution is 5.78. The Morgan fingerprint density at radius 2 is 2.04 bits per heavy atom. The summed E-state index contributed by atoms with van der Waals surface area (Å²) >= 11 is 0. The number of fused-ring (bicyclic) bond motifs is 1. The molecule has 0 radical (unpaired) electrons. The lowest BCUT2D eigenvalue weighted by molar-refractivity contribution is -0.186. The third-order valence-corrected chi connectivity index (χ3v) is 5.20. The summed E-state index contributed by atoms with van der Waals surface area (Å²) in [5.74, 6) is -2.10. The van der Waals surface area contributed by atoms with Crippen LogP contribution in [-0.4, -0.2) is 25.2 Å². The molecule has 3 rings (SSSR count). The van der Waals surface area contributed by atoms with Crippen molar-refractivity contribution >= 4 is 5.91 Å². The number of halogens is 3. The predicted octanol–water partition coefficient (Wildman–Crippen LogP) is 3.36. The van der Waals surface area contributed by atoms with Gasteiger partial charge in [-0.3, -0.25) is 4.79 Å². The lowest BCUT2D eigenvalue weighted by Gasteiger charge is -2.31. The molecule has 1 heterocycles. The lowest BCUT2D eigenvalue weighted by Crippen LogP contribution is -2.42. The molecule has 1 fully saturated rings. The summed E-state index contributed by atoms with van der Waals surface area (Å²) in [6, 6.07) is 8.12. The molecular weight excluding hydrogens is 317 g/mol. The van der Waals surface area contributed by atoms with Gasteiger partial charge >= 0.3 is 6.18 Å². The summed E-state index contributed by atoms with van der Waals surface area (Å²) in [6.07, 6.45) is -2.16. The molecule has 2 N–H and O–H groups in total. The molecule has 0 saturated heterocycles. The Balaban J connectivity index is 1.56. The summed E-state index contributed by atoms with van der Waals surface area (Å²) in [5.41, 5.74) is 2.44. The van der Waals surface area contributed by atoms with E-state index in [0.717, 1.165) is 13.0 Å². The van der Waals surface area contributed by atoms with Crippen LogP contribution in [0.4, 0.5) is 13.2 Å². The Kier molecular flexibility index (Phi) is 5.13. The summed E-state index contributed by atoms with van der Waals surface area (Å²) in [5, 5.41) is 6.24. The van der Waals surface area contributed by atoms with E-state index in [4.69, 9.17) is 0 Å². The maximum atomic E-state index is 12.9. The highest BCUT2D eigenvalue weighted by Crippen LogP contribution is 2.40. The highest BCUT2D eigenvalue weighted by Gasteiger charge is 2.43. The first-order valence-corrected chi connectivity index (χ1v) is 8.61. The molecule has 0 aromatic heterocycles. The van der Waals surface area contributed by atoms with E-state index in [0.29, 0.717) is 19.4 Å². The van der Waals surface area contributed by atoms with Crippen molar-refractivity contribution in [1.29, 1.82) is 0 Å². The van der Waals surface area contributed by atoms with Crippen molar-refractivity contribution < 1.29 is 18.0 Å². The normalized spacial score (nSPS) is 27.4. The minimum atomic E-state index is -4.19. The Hall–Kier alpha value is -1.56. The predicted molar refractivity (Wildman–Crippen MR) is 85.4 cm³/mol. The fourth-order valence-corrected chi connectivity index (χ4v) is 3.85. The monoisotopic (exact) mass is 340 g/mol. The molecule has 1 aromatic rings. The van der Waals surface area contributed by atoms with E-state index < -0.39 is 18.0 Å². The van der Waals surface area contributed by atoms with Crippen LogP contribution in [0, 0.1) is 11.8 Å². The molecule has 2 aliphatic rings. The zero-order valence-corrected chi connectivity index (χ0v) is 13.5. The first-order chi connectivity index (χ1) is 11.4. The molecule has 1 aliphatic heterocycles. The maximum Gasteiger partial charge on any atom is 0.391 e. The number of hydrogen-bond acceptors (Lipinski definition) is 2. The third kappa shape index (κ3) is 3.91. The highest BCUT2D eigenvalue weighted by atomic mass is 19.4. The maximum absolute atomic E-state index is 12.9. The Labute approximate surface area is 140 Å². The Bertz CT molecular complexity index is 588. The minimum Gasteiger partial charge on any atom is -0.354 e. The zero-order chi connectivity index (χ0) is 17.2. The molecule has 6 heteroatoms. The lowest BCUT2D eigenvalue weighted by atomic mass is 9.80. The first kappa shape index (κ1) is 17.3. The van der Waals surface area contributed by atoms with Gasteiger partial charge in [-0.25, -0.2) is 0 Å². The van der Waals surface area contributed by atoms with Crippen molar-refractivity contribution in [2.24, 2.45) is 11.8 Å². The second-order valence-corrected chi connectivity index (χ2v) is 6.80. The van der Waals surface area contributed by atoms with Gasteiger partial charge in [0.2, 0.25) is 5.91 Å². The van der Waals surface area contributed by atoms with Crippen LogP contribution in [0.25, 0.3) is 0 Å². The van der Waals surface area contributed by atoms with Crippen molar-refractivity contribution in [2.45, 2.75) is 44.3 Å². The Morgan fingerprint density at radius 3 is 2.83 bits per heavy atom. The molecule has 1 amide bonds. The second kappa shape index (κ2) is 7.13. The van der Waals surface area contributed by atoms with Gasteiger partial charge in [-0.1, -0.05) is 30.7 Å². The van der Waals surface area contributed by atoms with E-state index in [1.165, 1.54) is 11.1 Å². The van der Waals surface area contributed by atoms with E-state index >= 15 is 0 Å². The summed E-state index contributed by atoms with van der Waals surface area (Å²) in [6.45, 7) is 1.26. The molecule has 24 heavy (non-hydrogen) atoms. The number of benzene rings is 1. The number of amides is 1. The van der Waals surface area contributed by atoms with Gasteiger partial charge in [0.25, 0.3) is 0 Å². The number of nitrogens with one attached hydrogen (secondary N) is 2. The van der Waals surface area contributed by atoms with Crippen LogP contribution in [0.15, 0.2) is 24.3 Å². The topological polar surface area (TPSA) is 41.1 Å². The van der Waals surface area contributed by atoms with Gasteiger partial charge in [-0.05, 0) is 43.4 Å². The van der Waals surface area contributed by atoms with Crippen LogP contribution < -0.4 is 10.6 Å². The van der Waals surface area contributed by atoms with Crippen LogP contribution in [0.3, 0.4) is 0 Å². The molecule has 132 valence electrons. The number of carbonyl (C=O) groups excluding carboxylic acids is 1. The smallest absolute Gasteiger partial charge is 0.354 e. The average molecular weight is 340 g/mol. The van der Waals surface area contributed by atoms with E-state index in [1.54, 1.807) is 0 Å². The molecule has 1 aliphatic carbocycles. The first-order valence-electron chi connectivity index (χ1n) is 8.61. The molecule has 1 aromatic carbocycles. The molecule has 1 saturated carbocycles. The van der Waals surface area contributed by atoms with Crippen molar-refractivity contribution in [3.05, 3.63) is 35.4 Å². The van der Waals surface area contributed by atoms with Crippen LogP contribution in [0.1, 0.15) is 42.9 Å². The van der Waals surface area contributed by atoms with E-state index in [-0.39, 0.29) is 24.8 Å². The largest absolute Gasteiger partial charge is 0.391 e. The fraction of sp³-hybridized carbons (Fsp3) is 0.611. The second-order valence-electron chi connectivity index (χ2n) is 6.80. The van der Waals surface area contributed by atoms with Crippen LogP contribution in [0.2, 0.25) is 0 Å². The summed E-state index contributed by atoms with van der Waals surface area (Å²) in [7, 11) is 0. The van der Waals surface area contributed by atoms with Crippen LogP contribution in [0.5, 0.6) is 0 Å². The van der Waals surface area contributed by atoms with Crippen molar-refractivity contribution in [1.82, 2.24) is 10.6 Å². The van der Waals surface area contributed by atoms with E-state index in [2.05, 4.69) is 16.7 Å². The number of alkyl halides is 3. The van der Waals surface area contributed by atoms with Gasteiger partial charge in [-0.15, -0.1) is 0 Å². The van der Waals surface area contributed by atoms with Crippen LogP contribution >= 0.6 is 0 Å². The van der Waals surface area contributed by atoms with Gasteiger partial charge in [0, 0.05) is 18.5 Å².